The molecule has 1 amide bonds. The number of anilines is 1. The molecule has 1 fully saturated rings. The van der Waals surface area contributed by atoms with Crippen molar-refractivity contribution in [1.29, 1.82) is 0 Å². The molecule has 1 saturated heterocycles. The van der Waals surface area contributed by atoms with Crippen molar-refractivity contribution in [1.82, 2.24) is 5.32 Å². The van der Waals surface area contributed by atoms with E-state index in [0.29, 0.717) is 20.8 Å². The summed E-state index contributed by atoms with van der Waals surface area (Å²) in [6.07, 6.45) is 2.76. The molecule has 1 atom stereocenters. The monoisotopic (exact) mass is 334 g/mol. The van der Waals surface area contributed by atoms with Crippen molar-refractivity contribution in [3.63, 3.8) is 0 Å². The first kappa shape index (κ1) is 14.9. The summed E-state index contributed by atoms with van der Waals surface area (Å²) in [5.74, 6) is 0.860. The summed E-state index contributed by atoms with van der Waals surface area (Å²) in [7, 11) is 0. The first-order valence-corrected chi connectivity index (χ1v) is 8.19. The molecule has 1 unspecified atom stereocenters. The molecule has 3 nitrogen and oxygen atoms in total. The first-order chi connectivity index (χ1) is 9.04. The third-order valence-electron chi connectivity index (χ3n) is 2.79. The number of nitrogens with one attached hydrogen (secondary N) is 1. The third-order valence-corrected chi connectivity index (χ3v) is 4.47. The second kappa shape index (κ2) is 6.31. The number of rotatable bonds is 4. The van der Waals surface area contributed by atoms with Gasteiger partial charge in [-0.15, -0.1) is 0 Å². The molecular formula is C12H12Cl2N2OS2. The van der Waals surface area contributed by atoms with Gasteiger partial charge in [-0.05, 0) is 48.8 Å². The lowest BCUT2D eigenvalue weighted by molar-refractivity contribution is -0.118. The molecule has 2 rings (SSSR count). The average Bonchev–Trinajstić information content (AvgIpc) is 2.65. The highest BCUT2D eigenvalue weighted by molar-refractivity contribution is 7.98. The Morgan fingerprint density at radius 2 is 2.16 bits per heavy atom. The molecule has 1 aromatic carbocycles. The lowest BCUT2D eigenvalue weighted by Gasteiger charge is -2.15. The van der Waals surface area contributed by atoms with Gasteiger partial charge in [-0.2, -0.15) is 11.8 Å². The summed E-state index contributed by atoms with van der Waals surface area (Å²) < 4.78 is 0. The summed E-state index contributed by atoms with van der Waals surface area (Å²) in [5, 5.41) is 4.31. The Labute approximate surface area is 131 Å². The minimum atomic E-state index is -0.255. The fraction of sp³-hybridized carbons (Fsp3) is 0.333. The number of carbonyl (C=O) groups excluding carboxylic acids is 1. The number of carbonyl (C=O) groups is 1. The van der Waals surface area contributed by atoms with Crippen molar-refractivity contribution in [2.75, 3.05) is 16.9 Å². The van der Waals surface area contributed by atoms with Crippen LogP contribution >= 0.6 is 47.2 Å². The Morgan fingerprint density at radius 1 is 1.42 bits per heavy atom. The second-order valence-electron chi connectivity index (χ2n) is 4.06. The molecule has 1 heterocycles. The molecule has 1 N–H and O–H groups in total. The number of thiocarbonyl (C=S) groups is 1. The van der Waals surface area contributed by atoms with Gasteiger partial charge in [0.1, 0.15) is 6.04 Å². The molecule has 1 aliphatic rings. The molecule has 1 aliphatic heterocycles. The zero-order chi connectivity index (χ0) is 14.0. The highest BCUT2D eigenvalue weighted by atomic mass is 35.5. The van der Waals surface area contributed by atoms with E-state index in [-0.39, 0.29) is 11.9 Å². The van der Waals surface area contributed by atoms with Crippen LogP contribution in [-0.4, -0.2) is 29.1 Å². The first-order valence-electron chi connectivity index (χ1n) is 5.63. The van der Waals surface area contributed by atoms with E-state index in [9.17, 15) is 4.79 Å². The molecule has 0 radical (unpaired) electrons. The number of thioether (sulfide) groups is 1. The van der Waals surface area contributed by atoms with Crippen LogP contribution in [0.15, 0.2) is 18.2 Å². The summed E-state index contributed by atoms with van der Waals surface area (Å²) in [5.41, 5.74) is 0.642. The predicted molar refractivity (Wildman–Crippen MR) is 86.5 cm³/mol. The molecule has 0 spiro atoms. The van der Waals surface area contributed by atoms with Crippen LogP contribution in [0.1, 0.15) is 6.42 Å². The van der Waals surface area contributed by atoms with Crippen LogP contribution in [0.5, 0.6) is 0 Å². The smallest absolute Gasteiger partial charge is 0.255 e. The minimum Gasteiger partial charge on any atom is -0.350 e. The van der Waals surface area contributed by atoms with Crippen molar-refractivity contribution in [2.45, 2.75) is 12.5 Å². The van der Waals surface area contributed by atoms with Gasteiger partial charge in [0.05, 0.1) is 15.7 Å². The van der Waals surface area contributed by atoms with E-state index in [1.807, 2.05) is 6.26 Å². The predicted octanol–water partition coefficient (Wildman–Crippen LogP) is 3.34. The molecule has 19 heavy (non-hydrogen) atoms. The zero-order valence-corrected chi connectivity index (χ0v) is 13.3. The van der Waals surface area contributed by atoms with Gasteiger partial charge in [0.2, 0.25) is 0 Å². The van der Waals surface area contributed by atoms with Gasteiger partial charge in [0, 0.05) is 0 Å². The maximum Gasteiger partial charge on any atom is 0.255 e. The zero-order valence-electron chi connectivity index (χ0n) is 10.2. The van der Waals surface area contributed by atoms with Gasteiger partial charge >= 0.3 is 0 Å². The van der Waals surface area contributed by atoms with Gasteiger partial charge in [0.15, 0.2) is 5.11 Å². The Balaban J connectivity index is 2.22. The number of halogens is 2. The SMILES string of the molecule is CSCCC1NC(=S)N(c2ccc(Cl)c(Cl)c2)C1=O. The number of benzene rings is 1. The molecule has 0 aromatic heterocycles. The topological polar surface area (TPSA) is 32.3 Å². The Morgan fingerprint density at radius 3 is 2.79 bits per heavy atom. The van der Waals surface area contributed by atoms with E-state index < -0.39 is 0 Å². The van der Waals surface area contributed by atoms with Crippen molar-refractivity contribution >= 4 is 63.9 Å². The molecule has 0 saturated carbocycles. The van der Waals surface area contributed by atoms with Crippen LogP contribution in [-0.2, 0) is 4.79 Å². The highest BCUT2D eigenvalue weighted by Crippen LogP contribution is 2.29. The lowest BCUT2D eigenvalue weighted by atomic mass is 10.2. The van der Waals surface area contributed by atoms with Crippen molar-refractivity contribution in [3.05, 3.63) is 28.2 Å². The minimum absolute atomic E-state index is 0.0440. The van der Waals surface area contributed by atoms with Gasteiger partial charge < -0.3 is 5.32 Å². The van der Waals surface area contributed by atoms with Gasteiger partial charge in [-0.25, -0.2) is 0 Å². The molecule has 1 aromatic rings. The average molecular weight is 335 g/mol. The Kier molecular flexibility index (Phi) is 4.95. The van der Waals surface area contributed by atoms with Crippen molar-refractivity contribution in [2.24, 2.45) is 0 Å². The fourth-order valence-corrected chi connectivity index (χ4v) is 2.93. The number of hydrogen-bond acceptors (Lipinski definition) is 3. The van der Waals surface area contributed by atoms with Gasteiger partial charge in [-0.1, -0.05) is 23.2 Å². The van der Waals surface area contributed by atoms with Crippen LogP contribution in [0.3, 0.4) is 0 Å². The maximum absolute atomic E-state index is 12.3. The van der Waals surface area contributed by atoms with E-state index in [0.717, 1.165) is 12.2 Å². The van der Waals surface area contributed by atoms with Crippen LogP contribution in [0, 0.1) is 0 Å². The van der Waals surface area contributed by atoms with Crippen LogP contribution in [0.4, 0.5) is 5.69 Å². The van der Waals surface area contributed by atoms with E-state index in [2.05, 4.69) is 5.32 Å². The van der Waals surface area contributed by atoms with Crippen molar-refractivity contribution < 1.29 is 4.79 Å². The number of amides is 1. The van der Waals surface area contributed by atoms with E-state index in [1.54, 1.807) is 30.0 Å². The maximum atomic E-state index is 12.3. The fourth-order valence-electron chi connectivity index (χ4n) is 1.83. The molecule has 0 bridgehead atoms. The molecular weight excluding hydrogens is 323 g/mol. The normalized spacial score (nSPS) is 18.9. The van der Waals surface area contributed by atoms with Gasteiger partial charge in [0.25, 0.3) is 5.91 Å². The lowest BCUT2D eigenvalue weighted by Crippen LogP contribution is -2.31. The summed E-state index contributed by atoms with van der Waals surface area (Å²) in [6.45, 7) is 0. The Bertz CT molecular complexity index is 524. The van der Waals surface area contributed by atoms with E-state index in [1.165, 1.54) is 4.90 Å². The highest BCUT2D eigenvalue weighted by Gasteiger charge is 2.36. The van der Waals surface area contributed by atoms with Crippen molar-refractivity contribution in [3.8, 4) is 0 Å². The van der Waals surface area contributed by atoms with Crippen LogP contribution in [0.25, 0.3) is 0 Å². The quantitative estimate of drug-likeness (QED) is 0.856. The standard InChI is InChI=1S/C12H12Cl2N2OS2/c1-19-5-4-10-11(17)16(12(18)15-10)7-2-3-8(13)9(14)6-7/h2-3,6,10H,4-5H2,1H3,(H,15,18). The second-order valence-corrected chi connectivity index (χ2v) is 6.24. The number of nitrogens with zero attached hydrogens (tertiary/aromatic N) is 1. The summed E-state index contributed by atoms with van der Waals surface area (Å²) >= 11 is 18.8. The summed E-state index contributed by atoms with van der Waals surface area (Å²) in [4.78, 5) is 13.8. The third kappa shape index (κ3) is 3.16. The molecule has 0 aliphatic carbocycles. The van der Waals surface area contributed by atoms with Crippen LogP contribution in [0.2, 0.25) is 10.0 Å². The Hall–Kier alpha value is -0.490. The van der Waals surface area contributed by atoms with E-state index >= 15 is 0 Å². The molecule has 7 heteroatoms. The largest absolute Gasteiger partial charge is 0.350 e. The van der Waals surface area contributed by atoms with Crippen LogP contribution < -0.4 is 10.2 Å². The molecule has 102 valence electrons. The van der Waals surface area contributed by atoms with E-state index in [4.69, 9.17) is 35.4 Å². The van der Waals surface area contributed by atoms with Gasteiger partial charge in [-0.3, -0.25) is 9.69 Å². The number of hydrogen-bond donors (Lipinski definition) is 1. The summed E-state index contributed by atoms with van der Waals surface area (Å²) in [6, 6.07) is 4.78.